The zero-order valence-corrected chi connectivity index (χ0v) is 16.1. The Labute approximate surface area is 166 Å². The molecular formula is C21H19N5O3. The van der Waals surface area contributed by atoms with Crippen LogP contribution in [0.3, 0.4) is 0 Å². The van der Waals surface area contributed by atoms with Crippen LogP contribution in [0.2, 0.25) is 0 Å². The van der Waals surface area contributed by atoms with Gasteiger partial charge in [0.1, 0.15) is 0 Å². The van der Waals surface area contributed by atoms with Crippen LogP contribution in [0.15, 0.2) is 41.5 Å². The number of methoxy groups -OCH3 is 2. The Morgan fingerprint density at radius 2 is 1.90 bits per heavy atom. The summed E-state index contributed by atoms with van der Waals surface area (Å²) in [6, 6.07) is 7.42. The quantitative estimate of drug-likeness (QED) is 0.575. The van der Waals surface area contributed by atoms with Gasteiger partial charge in [-0.15, -0.1) is 0 Å². The summed E-state index contributed by atoms with van der Waals surface area (Å²) >= 11 is 0. The first-order valence-electron chi connectivity index (χ1n) is 9.30. The van der Waals surface area contributed by atoms with E-state index < -0.39 is 0 Å². The normalized spacial score (nSPS) is 13.5. The number of H-pyrrole nitrogens is 1. The largest absolute Gasteiger partial charge is 0.493 e. The third-order valence-corrected chi connectivity index (χ3v) is 5.26. The third-order valence-electron chi connectivity index (χ3n) is 5.26. The van der Waals surface area contributed by atoms with E-state index in [1.807, 2.05) is 12.3 Å². The van der Waals surface area contributed by atoms with Crippen molar-refractivity contribution in [1.29, 1.82) is 0 Å². The molecule has 1 aromatic carbocycles. The van der Waals surface area contributed by atoms with Gasteiger partial charge >= 0.3 is 0 Å². The van der Waals surface area contributed by atoms with Crippen molar-refractivity contribution in [2.45, 2.75) is 13.0 Å². The number of ether oxygens (including phenoxy) is 2. The van der Waals surface area contributed by atoms with Crippen LogP contribution in [-0.4, -0.2) is 40.7 Å². The minimum atomic E-state index is -0.211. The molecule has 0 aliphatic carbocycles. The van der Waals surface area contributed by atoms with Crippen molar-refractivity contribution in [3.05, 3.63) is 58.3 Å². The molecule has 0 fully saturated rings. The first-order chi connectivity index (χ1) is 14.2. The van der Waals surface area contributed by atoms with Crippen molar-refractivity contribution in [2.24, 2.45) is 0 Å². The van der Waals surface area contributed by atoms with Gasteiger partial charge in [0.25, 0.3) is 5.56 Å². The van der Waals surface area contributed by atoms with E-state index in [-0.39, 0.29) is 5.56 Å². The Morgan fingerprint density at radius 1 is 1.07 bits per heavy atom. The smallest absolute Gasteiger partial charge is 0.260 e. The molecular weight excluding hydrogens is 370 g/mol. The van der Waals surface area contributed by atoms with Gasteiger partial charge in [0.05, 0.1) is 30.6 Å². The van der Waals surface area contributed by atoms with E-state index in [9.17, 15) is 4.79 Å². The van der Waals surface area contributed by atoms with Gasteiger partial charge in [0, 0.05) is 49.1 Å². The van der Waals surface area contributed by atoms with Gasteiger partial charge in [-0.05, 0) is 23.8 Å². The lowest BCUT2D eigenvalue weighted by Crippen LogP contribution is -2.33. The molecule has 0 radical (unpaired) electrons. The molecule has 4 heterocycles. The summed E-state index contributed by atoms with van der Waals surface area (Å²) in [4.78, 5) is 31.3. The molecule has 0 spiro atoms. The van der Waals surface area contributed by atoms with E-state index in [4.69, 9.17) is 14.5 Å². The number of fused-ring (bicyclic) bond motifs is 3. The number of aromatic amines is 1. The summed E-state index contributed by atoms with van der Waals surface area (Å²) in [6.07, 6.45) is 4.35. The Balaban J connectivity index is 1.56. The summed E-state index contributed by atoms with van der Waals surface area (Å²) in [5.41, 5.74) is 3.50. The minimum Gasteiger partial charge on any atom is -0.493 e. The van der Waals surface area contributed by atoms with Crippen LogP contribution >= 0.6 is 0 Å². The standard InChI is InChI=1S/C21H19N5O3/c1-28-18-8-14-17(9-19(18)29-2)24-21(25-20(14)27)26-6-4-16-13(11-26)7-12-10-22-5-3-15(12)23-16/h3,5,7-10H,4,6,11H2,1-2H3,(H,24,25,27). The average Bonchev–Trinajstić information content (AvgIpc) is 2.76. The van der Waals surface area contributed by atoms with E-state index in [1.54, 1.807) is 25.4 Å². The Bertz CT molecular complexity index is 1300. The summed E-state index contributed by atoms with van der Waals surface area (Å²) in [5, 5.41) is 1.47. The summed E-state index contributed by atoms with van der Waals surface area (Å²) < 4.78 is 10.6. The fourth-order valence-corrected chi connectivity index (χ4v) is 3.76. The van der Waals surface area contributed by atoms with Crippen LogP contribution in [0.25, 0.3) is 21.8 Å². The molecule has 8 nitrogen and oxygen atoms in total. The van der Waals surface area contributed by atoms with Crippen molar-refractivity contribution in [3.8, 4) is 11.5 Å². The second kappa shape index (κ2) is 6.73. The number of hydrogen-bond donors (Lipinski definition) is 1. The molecule has 8 heteroatoms. The molecule has 0 unspecified atom stereocenters. The van der Waals surface area contributed by atoms with E-state index in [1.165, 1.54) is 7.11 Å². The van der Waals surface area contributed by atoms with Gasteiger partial charge in [-0.25, -0.2) is 4.98 Å². The van der Waals surface area contributed by atoms with E-state index in [2.05, 4.69) is 25.9 Å². The van der Waals surface area contributed by atoms with Crippen molar-refractivity contribution >= 4 is 27.8 Å². The molecule has 3 aromatic heterocycles. The molecule has 5 rings (SSSR count). The number of hydrogen-bond acceptors (Lipinski definition) is 7. The highest BCUT2D eigenvalue weighted by molar-refractivity contribution is 5.83. The first-order valence-corrected chi connectivity index (χ1v) is 9.30. The number of benzene rings is 1. The molecule has 0 amide bonds. The molecule has 0 saturated carbocycles. The predicted molar refractivity (Wildman–Crippen MR) is 110 cm³/mol. The number of rotatable bonds is 3. The summed E-state index contributed by atoms with van der Waals surface area (Å²) in [7, 11) is 3.10. The average molecular weight is 389 g/mol. The maximum atomic E-state index is 12.7. The van der Waals surface area contributed by atoms with Crippen LogP contribution in [0.1, 0.15) is 11.3 Å². The minimum absolute atomic E-state index is 0.211. The van der Waals surface area contributed by atoms with E-state index >= 15 is 0 Å². The highest BCUT2D eigenvalue weighted by Crippen LogP contribution is 2.31. The van der Waals surface area contributed by atoms with Gasteiger partial charge in [-0.2, -0.15) is 0 Å². The van der Waals surface area contributed by atoms with Crippen molar-refractivity contribution in [1.82, 2.24) is 19.9 Å². The van der Waals surface area contributed by atoms with Gasteiger partial charge in [-0.1, -0.05) is 0 Å². The van der Waals surface area contributed by atoms with Crippen LogP contribution < -0.4 is 19.9 Å². The number of nitrogens with one attached hydrogen (secondary N) is 1. The number of pyridine rings is 2. The zero-order chi connectivity index (χ0) is 20.0. The molecule has 29 heavy (non-hydrogen) atoms. The van der Waals surface area contributed by atoms with Gasteiger partial charge in [0.2, 0.25) is 5.95 Å². The molecule has 1 aliphatic rings. The molecule has 0 atom stereocenters. The van der Waals surface area contributed by atoms with Crippen LogP contribution in [0, 0.1) is 0 Å². The lowest BCUT2D eigenvalue weighted by molar-refractivity contribution is 0.355. The van der Waals surface area contributed by atoms with Crippen LogP contribution in [-0.2, 0) is 13.0 Å². The lowest BCUT2D eigenvalue weighted by Gasteiger charge is -2.29. The highest BCUT2D eigenvalue weighted by Gasteiger charge is 2.21. The fourth-order valence-electron chi connectivity index (χ4n) is 3.76. The maximum absolute atomic E-state index is 12.7. The molecule has 4 aromatic rings. The zero-order valence-electron chi connectivity index (χ0n) is 16.1. The highest BCUT2D eigenvalue weighted by atomic mass is 16.5. The second-order valence-corrected chi connectivity index (χ2v) is 6.95. The van der Waals surface area contributed by atoms with E-state index in [0.29, 0.717) is 34.9 Å². The third kappa shape index (κ3) is 2.93. The molecule has 0 saturated heterocycles. The Morgan fingerprint density at radius 3 is 2.72 bits per heavy atom. The van der Waals surface area contributed by atoms with E-state index in [0.717, 1.165) is 35.1 Å². The predicted octanol–water partition coefficient (Wildman–Crippen LogP) is 2.45. The maximum Gasteiger partial charge on any atom is 0.260 e. The Hall–Kier alpha value is -3.68. The summed E-state index contributed by atoms with van der Waals surface area (Å²) in [5.74, 6) is 1.57. The molecule has 1 N–H and O–H groups in total. The molecule has 1 aliphatic heterocycles. The van der Waals surface area contributed by atoms with Gasteiger partial charge in [-0.3, -0.25) is 19.7 Å². The lowest BCUT2D eigenvalue weighted by atomic mass is 10.0. The van der Waals surface area contributed by atoms with Crippen molar-refractivity contribution in [2.75, 3.05) is 25.7 Å². The van der Waals surface area contributed by atoms with Gasteiger partial charge in [0.15, 0.2) is 11.5 Å². The number of anilines is 1. The first kappa shape index (κ1) is 17.4. The van der Waals surface area contributed by atoms with Gasteiger partial charge < -0.3 is 14.4 Å². The van der Waals surface area contributed by atoms with Crippen molar-refractivity contribution in [3.63, 3.8) is 0 Å². The number of nitrogens with zero attached hydrogens (tertiary/aromatic N) is 4. The summed E-state index contributed by atoms with van der Waals surface area (Å²) in [6.45, 7) is 1.34. The van der Waals surface area contributed by atoms with Crippen molar-refractivity contribution < 1.29 is 9.47 Å². The van der Waals surface area contributed by atoms with Crippen LogP contribution in [0.4, 0.5) is 5.95 Å². The van der Waals surface area contributed by atoms with Crippen LogP contribution in [0.5, 0.6) is 11.5 Å². The Kier molecular flexibility index (Phi) is 4.04. The topological polar surface area (TPSA) is 93.2 Å². The SMILES string of the molecule is COc1cc2nc(N3CCc4nc5ccncc5cc4C3)[nH]c(=O)c2cc1OC. The fraction of sp³-hybridized carbons (Fsp3) is 0.238. The molecule has 146 valence electrons. The second-order valence-electron chi connectivity index (χ2n) is 6.95. The molecule has 0 bridgehead atoms. The number of aromatic nitrogens is 4. The monoisotopic (exact) mass is 389 g/mol.